The predicted octanol–water partition coefficient (Wildman–Crippen LogP) is 3.43. The van der Waals surface area contributed by atoms with Crippen molar-refractivity contribution in [2.24, 2.45) is 0 Å². The SMILES string of the molecule is CCCCC(C)(O)C(=O)CCCC1(OS(=O)(=O)c2ccc(C)cc2)OC(C)O1. The summed E-state index contributed by atoms with van der Waals surface area (Å²) in [5.74, 6) is -2.02. The van der Waals surface area contributed by atoms with Gasteiger partial charge in [0.25, 0.3) is 0 Å². The highest BCUT2D eigenvalue weighted by atomic mass is 32.2. The predicted molar refractivity (Wildman–Crippen MR) is 103 cm³/mol. The van der Waals surface area contributed by atoms with Crippen molar-refractivity contribution in [3.8, 4) is 0 Å². The van der Waals surface area contributed by atoms with Crippen LogP contribution in [-0.4, -0.2) is 37.2 Å². The summed E-state index contributed by atoms with van der Waals surface area (Å²) in [6.45, 7) is 6.98. The van der Waals surface area contributed by atoms with E-state index < -0.39 is 28.0 Å². The largest absolute Gasteiger partial charge is 0.382 e. The fraction of sp³-hybridized carbons (Fsp3) is 0.650. The summed E-state index contributed by atoms with van der Waals surface area (Å²) < 4.78 is 41.2. The maximum Gasteiger partial charge on any atom is 0.302 e. The molecule has 1 N–H and O–H groups in total. The van der Waals surface area contributed by atoms with Crippen molar-refractivity contribution in [1.82, 2.24) is 0 Å². The third-order valence-electron chi connectivity index (χ3n) is 4.74. The molecular formula is C20H30O7S. The van der Waals surface area contributed by atoms with Crippen molar-refractivity contribution < 1.29 is 32.0 Å². The minimum atomic E-state index is -4.09. The molecule has 1 aliphatic heterocycles. The zero-order valence-electron chi connectivity index (χ0n) is 16.9. The average molecular weight is 415 g/mol. The first-order chi connectivity index (χ1) is 13.0. The van der Waals surface area contributed by atoms with E-state index in [1.807, 2.05) is 13.8 Å². The fourth-order valence-electron chi connectivity index (χ4n) is 3.03. The van der Waals surface area contributed by atoms with Gasteiger partial charge < -0.3 is 5.11 Å². The van der Waals surface area contributed by atoms with Crippen LogP contribution in [0.5, 0.6) is 0 Å². The Hall–Kier alpha value is -1.32. The Bertz CT molecular complexity index is 762. The molecule has 2 rings (SSSR count). The molecule has 0 bridgehead atoms. The number of hydrogen-bond acceptors (Lipinski definition) is 7. The maximum absolute atomic E-state index is 12.5. The summed E-state index contributed by atoms with van der Waals surface area (Å²) in [6.07, 6.45) is 1.83. The summed E-state index contributed by atoms with van der Waals surface area (Å²) in [4.78, 5) is 12.3. The number of carbonyl (C=O) groups excluding carboxylic acids is 1. The molecular weight excluding hydrogens is 384 g/mol. The lowest BCUT2D eigenvalue weighted by atomic mass is 9.91. The third kappa shape index (κ3) is 5.84. The van der Waals surface area contributed by atoms with Crippen molar-refractivity contribution in [3.05, 3.63) is 29.8 Å². The molecule has 1 heterocycles. The Labute approximate surface area is 167 Å². The highest BCUT2D eigenvalue weighted by Crippen LogP contribution is 2.38. The zero-order chi connectivity index (χ0) is 21.0. The molecule has 1 aromatic rings. The topological polar surface area (TPSA) is 99.1 Å². The standard InChI is InChI=1S/C20H30O7S/c1-5-6-13-19(4,22)18(21)8-7-14-20(25-16(3)26-20)27-28(23,24)17-11-9-15(2)10-12-17/h9-12,16,22H,5-8,13-14H2,1-4H3. The quantitative estimate of drug-likeness (QED) is 0.554. The maximum atomic E-state index is 12.5. The van der Waals surface area contributed by atoms with Gasteiger partial charge >= 0.3 is 16.1 Å². The molecule has 0 amide bonds. The van der Waals surface area contributed by atoms with Crippen LogP contribution in [-0.2, 0) is 28.6 Å². The van der Waals surface area contributed by atoms with Gasteiger partial charge in [0, 0.05) is 12.8 Å². The second-order valence-corrected chi connectivity index (χ2v) is 9.04. The third-order valence-corrected chi connectivity index (χ3v) is 6.06. The van der Waals surface area contributed by atoms with Gasteiger partial charge in [-0.15, -0.1) is 0 Å². The van der Waals surface area contributed by atoms with Crippen LogP contribution >= 0.6 is 0 Å². The Morgan fingerprint density at radius 3 is 2.39 bits per heavy atom. The van der Waals surface area contributed by atoms with E-state index >= 15 is 0 Å². The van der Waals surface area contributed by atoms with Crippen LogP contribution in [0.25, 0.3) is 0 Å². The summed E-state index contributed by atoms with van der Waals surface area (Å²) in [5, 5.41) is 10.3. The smallest absolute Gasteiger partial charge is 0.302 e. The number of aliphatic hydroxyl groups is 1. The van der Waals surface area contributed by atoms with Crippen LogP contribution < -0.4 is 0 Å². The molecule has 0 aliphatic carbocycles. The lowest BCUT2D eigenvalue weighted by Crippen LogP contribution is -2.55. The molecule has 0 saturated carbocycles. The van der Waals surface area contributed by atoms with Gasteiger partial charge in [-0.1, -0.05) is 37.5 Å². The highest BCUT2D eigenvalue weighted by Gasteiger charge is 2.50. The van der Waals surface area contributed by atoms with Crippen molar-refractivity contribution in [2.45, 2.75) is 89.0 Å². The van der Waals surface area contributed by atoms with Gasteiger partial charge in [-0.05, 0) is 45.7 Å². The lowest BCUT2D eigenvalue weighted by molar-refractivity contribution is -0.515. The molecule has 1 aliphatic rings. The monoisotopic (exact) mass is 414 g/mol. The highest BCUT2D eigenvalue weighted by molar-refractivity contribution is 7.86. The van der Waals surface area contributed by atoms with Gasteiger partial charge in [0.1, 0.15) is 5.60 Å². The molecule has 0 spiro atoms. The van der Waals surface area contributed by atoms with Gasteiger partial charge in [0.2, 0.25) is 0 Å². The molecule has 1 saturated heterocycles. The summed E-state index contributed by atoms with van der Waals surface area (Å²) in [6, 6.07) is 6.25. The molecule has 28 heavy (non-hydrogen) atoms. The Balaban J connectivity index is 1.98. The Morgan fingerprint density at radius 1 is 1.25 bits per heavy atom. The number of ketones is 1. The minimum absolute atomic E-state index is 0.00260. The normalized spacial score (nSPS) is 24.4. The molecule has 0 radical (unpaired) electrons. The first-order valence-corrected chi connectivity index (χ1v) is 11.0. The van der Waals surface area contributed by atoms with E-state index in [9.17, 15) is 18.3 Å². The number of ether oxygens (including phenoxy) is 2. The molecule has 8 heteroatoms. The second-order valence-electron chi connectivity index (χ2n) is 7.49. The van der Waals surface area contributed by atoms with Crippen LogP contribution in [0.2, 0.25) is 0 Å². The van der Waals surface area contributed by atoms with E-state index in [1.54, 1.807) is 19.1 Å². The number of unbranched alkanes of at least 4 members (excludes halogenated alkanes) is 1. The number of hydrogen-bond donors (Lipinski definition) is 1. The van der Waals surface area contributed by atoms with E-state index in [4.69, 9.17) is 13.7 Å². The van der Waals surface area contributed by atoms with Crippen LogP contribution in [0.4, 0.5) is 0 Å². The number of rotatable bonds is 11. The van der Waals surface area contributed by atoms with E-state index in [-0.39, 0.29) is 29.9 Å². The van der Waals surface area contributed by atoms with Gasteiger partial charge in [-0.2, -0.15) is 8.42 Å². The van der Waals surface area contributed by atoms with E-state index in [0.29, 0.717) is 6.42 Å². The Kier molecular flexibility index (Phi) is 7.38. The molecule has 1 atom stereocenters. The molecule has 1 unspecified atom stereocenters. The number of Topliss-reactive ketones (excluding diaryl/α,β-unsaturated/α-hetero) is 1. The second kappa shape index (κ2) is 9.00. The lowest BCUT2D eigenvalue weighted by Gasteiger charge is -2.44. The van der Waals surface area contributed by atoms with Crippen LogP contribution in [0.3, 0.4) is 0 Å². The van der Waals surface area contributed by atoms with Crippen molar-refractivity contribution in [2.75, 3.05) is 0 Å². The molecule has 7 nitrogen and oxygen atoms in total. The zero-order valence-corrected chi connectivity index (χ0v) is 17.8. The van der Waals surface area contributed by atoms with Crippen molar-refractivity contribution >= 4 is 15.9 Å². The minimum Gasteiger partial charge on any atom is -0.382 e. The van der Waals surface area contributed by atoms with Crippen LogP contribution in [0.15, 0.2) is 29.2 Å². The Morgan fingerprint density at radius 2 is 1.86 bits per heavy atom. The van der Waals surface area contributed by atoms with Gasteiger partial charge in [-0.3, -0.25) is 14.3 Å². The molecule has 0 aromatic heterocycles. The van der Waals surface area contributed by atoms with Crippen LogP contribution in [0, 0.1) is 6.92 Å². The first-order valence-electron chi connectivity index (χ1n) is 9.63. The first kappa shape index (κ1) is 23.0. The molecule has 1 fully saturated rings. The number of carbonyl (C=O) groups is 1. The fourth-order valence-corrected chi connectivity index (χ4v) is 4.09. The van der Waals surface area contributed by atoms with Gasteiger partial charge in [0.05, 0.1) is 4.90 Å². The summed E-state index contributed by atoms with van der Waals surface area (Å²) in [5.41, 5.74) is -0.459. The van der Waals surface area contributed by atoms with E-state index in [2.05, 4.69) is 0 Å². The van der Waals surface area contributed by atoms with E-state index in [1.165, 1.54) is 19.1 Å². The summed E-state index contributed by atoms with van der Waals surface area (Å²) >= 11 is 0. The van der Waals surface area contributed by atoms with E-state index in [0.717, 1.165) is 18.4 Å². The van der Waals surface area contributed by atoms with Gasteiger partial charge in [-0.25, -0.2) is 4.18 Å². The van der Waals surface area contributed by atoms with Crippen molar-refractivity contribution in [1.29, 1.82) is 0 Å². The number of aryl methyl sites for hydroxylation is 1. The molecule has 158 valence electrons. The number of benzene rings is 1. The summed E-state index contributed by atoms with van der Waals surface area (Å²) in [7, 11) is -4.09. The van der Waals surface area contributed by atoms with Gasteiger partial charge in [0.15, 0.2) is 12.1 Å². The van der Waals surface area contributed by atoms with Crippen LogP contribution in [0.1, 0.15) is 64.9 Å². The average Bonchev–Trinajstić information content (AvgIpc) is 2.58. The van der Waals surface area contributed by atoms with Crippen molar-refractivity contribution in [3.63, 3.8) is 0 Å². The molecule has 1 aromatic carbocycles.